The molecule has 0 amide bonds. The van der Waals surface area contributed by atoms with Crippen LogP contribution in [0.15, 0.2) is 53.9 Å². The van der Waals surface area contributed by atoms with Crippen LogP contribution in [0.1, 0.15) is 130 Å². The summed E-state index contributed by atoms with van der Waals surface area (Å²) in [6.07, 6.45) is 13.8. The average molecular weight is 625 g/mol. The van der Waals surface area contributed by atoms with Crippen molar-refractivity contribution in [1.29, 1.82) is 0 Å². The quantitative estimate of drug-likeness (QED) is 0.160. The SMILES string of the molecule is C/C=C(\C(OCc1ccc2c(c1C)CCN(CC1CCCCC1)C2C)=C(\C)CC)c1cccc(-n2ncc(C(=O)O)c2CCC)n1. The highest BCUT2D eigenvalue weighted by atomic mass is 16.5. The van der Waals surface area contributed by atoms with Gasteiger partial charge >= 0.3 is 5.97 Å². The first kappa shape index (κ1) is 33.6. The number of carboxylic acid groups (broad SMARTS) is 1. The van der Waals surface area contributed by atoms with Gasteiger partial charge in [0.1, 0.15) is 17.9 Å². The fourth-order valence-corrected chi connectivity index (χ4v) is 7.36. The van der Waals surface area contributed by atoms with Crippen LogP contribution in [0.2, 0.25) is 0 Å². The van der Waals surface area contributed by atoms with Gasteiger partial charge in [0, 0.05) is 24.7 Å². The van der Waals surface area contributed by atoms with Gasteiger partial charge in [0.15, 0.2) is 5.82 Å². The van der Waals surface area contributed by atoms with E-state index < -0.39 is 5.97 Å². The highest BCUT2D eigenvalue weighted by molar-refractivity contribution is 5.88. The van der Waals surface area contributed by atoms with Gasteiger partial charge in [0.2, 0.25) is 0 Å². The minimum absolute atomic E-state index is 0.220. The highest BCUT2D eigenvalue weighted by Gasteiger charge is 2.28. The van der Waals surface area contributed by atoms with Crippen LogP contribution in [0.3, 0.4) is 0 Å². The number of aromatic nitrogens is 3. The fourth-order valence-electron chi connectivity index (χ4n) is 7.36. The number of allylic oxidation sites excluding steroid dienone is 3. The Bertz CT molecular complexity index is 1590. The molecule has 3 heterocycles. The predicted octanol–water partition coefficient (Wildman–Crippen LogP) is 9.03. The van der Waals surface area contributed by atoms with E-state index in [9.17, 15) is 9.90 Å². The van der Waals surface area contributed by atoms with Gasteiger partial charge in [-0.25, -0.2) is 14.5 Å². The van der Waals surface area contributed by atoms with Crippen molar-refractivity contribution in [3.05, 3.63) is 93.1 Å². The minimum atomic E-state index is -0.971. The Kier molecular flexibility index (Phi) is 11.2. The van der Waals surface area contributed by atoms with E-state index in [1.165, 1.54) is 67.1 Å². The highest BCUT2D eigenvalue weighted by Crippen LogP contribution is 2.36. The van der Waals surface area contributed by atoms with Crippen molar-refractivity contribution >= 4 is 11.5 Å². The molecule has 0 spiro atoms. The zero-order valence-corrected chi connectivity index (χ0v) is 28.7. The molecule has 1 saturated carbocycles. The lowest BCUT2D eigenvalue weighted by atomic mass is 9.85. The Morgan fingerprint density at radius 1 is 1.13 bits per heavy atom. The van der Waals surface area contributed by atoms with Gasteiger partial charge in [0.25, 0.3) is 0 Å². The first-order valence-electron chi connectivity index (χ1n) is 17.4. The Hall–Kier alpha value is -3.71. The molecule has 0 saturated heterocycles. The summed E-state index contributed by atoms with van der Waals surface area (Å²) in [4.78, 5) is 19.5. The lowest BCUT2D eigenvalue weighted by molar-refractivity contribution is 0.0695. The molecule has 3 aromatic rings. The number of hydrogen-bond acceptors (Lipinski definition) is 5. The molecule has 1 unspecified atom stereocenters. The van der Waals surface area contributed by atoms with Crippen molar-refractivity contribution in [3.63, 3.8) is 0 Å². The number of benzene rings is 1. The lowest BCUT2D eigenvalue weighted by Crippen LogP contribution is -2.38. The summed E-state index contributed by atoms with van der Waals surface area (Å²) >= 11 is 0. The number of fused-ring (bicyclic) bond motifs is 1. The average Bonchev–Trinajstić information content (AvgIpc) is 3.49. The van der Waals surface area contributed by atoms with Crippen molar-refractivity contribution < 1.29 is 14.6 Å². The topological polar surface area (TPSA) is 80.5 Å². The van der Waals surface area contributed by atoms with Crippen LogP contribution >= 0.6 is 0 Å². The van der Waals surface area contributed by atoms with E-state index in [-0.39, 0.29) is 5.56 Å². The normalized spacial score (nSPS) is 18.3. The van der Waals surface area contributed by atoms with Crippen LogP contribution in [-0.4, -0.2) is 43.8 Å². The third-order valence-electron chi connectivity index (χ3n) is 10.2. The number of aromatic carboxylic acids is 1. The van der Waals surface area contributed by atoms with E-state index in [2.05, 4.69) is 55.9 Å². The third kappa shape index (κ3) is 7.15. The lowest BCUT2D eigenvalue weighted by Gasteiger charge is -2.39. The first-order chi connectivity index (χ1) is 22.3. The monoisotopic (exact) mass is 624 g/mol. The second kappa shape index (κ2) is 15.3. The Labute approximate surface area is 275 Å². The van der Waals surface area contributed by atoms with Gasteiger partial charge in [-0.3, -0.25) is 4.90 Å². The van der Waals surface area contributed by atoms with Crippen molar-refractivity contribution in [2.24, 2.45) is 5.92 Å². The fraction of sp³-hybridized carbons (Fsp3) is 0.513. The summed E-state index contributed by atoms with van der Waals surface area (Å²) in [5.41, 5.74) is 9.28. The summed E-state index contributed by atoms with van der Waals surface area (Å²) < 4.78 is 8.37. The molecule has 7 heteroatoms. The molecular formula is C39H52N4O3. The minimum Gasteiger partial charge on any atom is -0.488 e. The van der Waals surface area contributed by atoms with E-state index in [1.54, 1.807) is 4.68 Å². The molecule has 46 heavy (non-hydrogen) atoms. The zero-order chi connectivity index (χ0) is 32.8. The molecular weight excluding hydrogens is 572 g/mol. The molecule has 246 valence electrons. The molecule has 1 aliphatic heterocycles. The van der Waals surface area contributed by atoms with Crippen LogP contribution in [0, 0.1) is 12.8 Å². The van der Waals surface area contributed by atoms with E-state index in [0.29, 0.717) is 30.6 Å². The smallest absolute Gasteiger partial charge is 0.339 e. The van der Waals surface area contributed by atoms with E-state index >= 15 is 0 Å². The molecule has 7 nitrogen and oxygen atoms in total. The van der Waals surface area contributed by atoms with Gasteiger partial charge in [-0.1, -0.05) is 63.8 Å². The van der Waals surface area contributed by atoms with Crippen molar-refractivity contribution in [2.45, 2.75) is 112 Å². The van der Waals surface area contributed by atoms with Crippen LogP contribution in [0.4, 0.5) is 0 Å². The van der Waals surface area contributed by atoms with Gasteiger partial charge in [0.05, 0.1) is 17.6 Å². The second-order valence-corrected chi connectivity index (χ2v) is 13.1. The molecule has 2 aliphatic rings. The van der Waals surface area contributed by atoms with Crippen LogP contribution in [-0.2, 0) is 24.2 Å². The Morgan fingerprint density at radius 3 is 2.61 bits per heavy atom. The molecule has 2 aromatic heterocycles. The molecule has 0 radical (unpaired) electrons. The van der Waals surface area contributed by atoms with Crippen LogP contribution in [0.25, 0.3) is 11.4 Å². The van der Waals surface area contributed by atoms with Gasteiger partial charge in [-0.05, 0) is 106 Å². The van der Waals surface area contributed by atoms with Crippen LogP contribution in [0.5, 0.6) is 0 Å². The summed E-state index contributed by atoms with van der Waals surface area (Å²) in [5, 5.41) is 14.1. The van der Waals surface area contributed by atoms with Gasteiger partial charge in [-0.2, -0.15) is 5.10 Å². The standard InChI is InChI=1S/C39H52N4O3/c1-7-14-36-34(39(44)45)23-40-43(36)37-18-13-17-35(41-37)31(9-3)38(26(4)8-2)46-25-30-19-20-33-28(6)42(22-21-32(33)27(30)5)24-29-15-11-10-12-16-29/h9,13,17-20,23,28-29H,7-8,10-12,14-16,21-22,24-25H2,1-6H3,(H,44,45)/b31-9-,38-26+. The molecule has 5 rings (SSSR count). The number of carbonyl (C=O) groups is 1. The maximum Gasteiger partial charge on any atom is 0.339 e. The van der Waals surface area contributed by atoms with Gasteiger partial charge < -0.3 is 9.84 Å². The summed E-state index contributed by atoms with van der Waals surface area (Å²) in [6.45, 7) is 15.8. The number of ether oxygens (including phenoxy) is 1. The Morgan fingerprint density at radius 2 is 1.91 bits per heavy atom. The molecule has 0 bridgehead atoms. The molecule has 1 N–H and O–H groups in total. The van der Waals surface area contributed by atoms with E-state index in [4.69, 9.17) is 9.72 Å². The largest absolute Gasteiger partial charge is 0.488 e. The molecule has 1 aliphatic carbocycles. The summed E-state index contributed by atoms with van der Waals surface area (Å²) in [7, 11) is 0. The number of nitrogens with zero attached hydrogens (tertiary/aromatic N) is 4. The first-order valence-corrected chi connectivity index (χ1v) is 17.4. The van der Waals surface area contributed by atoms with Crippen molar-refractivity contribution in [2.75, 3.05) is 13.1 Å². The maximum absolute atomic E-state index is 11.8. The van der Waals surface area contributed by atoms with Crippen molar-refractivity contribution in [1.82, 2.24) is 19.7 Å². The molecule has 1 aromatic carbocycles. The van der Waals surface area contributed by atoms with E-state index in [1.807, 2.05) is 32.0 Å². The second-order valence-electron chi connectivity index (χ2n) is 13.1. The third-order valence-corrected chi connectivity index (χ3v) is 10.2. The van der Waals surface area contributed by atoms with Crippen molar-refractivity contribution in [3.8, 4) is 5.82 Å². The van der Waals surface area contributed by atoms with Gasteiger partial charge in [-0.15, -0.1) is 0 Å². The zero-order valence-electron chi connectivity index (χ0n) is 28.7. The molecule has 1 fully saturated rings. The van der Waals surface area contributed by atoms with Crippen LogP contribution < -0.4 is 0 Å². The number of pyridine rings is 1. The number of hydrogen-bond donors (Lipinski definition) is 1. The number of rotatable bonds is 12. The molecule has 1 atom stereocenters. The van der Waals surface area contributed by atoms with E-state index in [0.717, 1.165) is 54.3 Å². The summed E-state index contributed by atoms with van der Waals surface area (Å²) in [6, 6.07) is 10.9. The number of carboxylic acids is 1. The maximum atomic E-state index is 11.8. The summed E-state index contributed by atoms with van der Waals surface area (Å²) in [5.74, 6) is 1.33. The Balaban J connectivity index is 1.37. The predicted molar refractivity (Wildman–Crippen MR) is 185 cm³/mol.